The number of rotatable bonds is 2. The number of furan rings is 1. The lowest BCUT2D eigenvalue weighted by Crippen LogP contribution is -2.60. The zero-order chi connectivity index (χ0) is 9.26. The van der Waals surface area contributed by atoms with E-state index in [9.17, 15) is 0 Å². The fourth-order valence-corrected chi connectivity index (χ4v) is 1.55. The Hall–Kier alpha value is -1.28. The third-order valence-electron chi connectivity index (χ3n) is 2.10. The summed E-state index contributed by atoms with van der Waals surface area (Å²) >= 11 is 0. The van der Waals surface area contributed by atoms with E-state index in [1.165, 1.54) is 10.9 Å². The van der Waals surface area contributed by atoms with Crippen molar-refractivity contribution in [3.63, 3.8) is 0 Å². The van der Waals surface area contributed by atoms with Crippen molar-refractivity contribution in [3.05, 3.63) is 36.1 Å². The second kappa shape index (κ2) is 3.23. The van der Waals surface area contributed by atoms with Crippen LogP contribution in [0.5, 0.6) is 0 Å². The molecular formula is C11H14NO+. The van der Waals surface area contributed by atoms with Crippen LogP contribution in [-0.4, -0.2) is 6.04 Å². The van der Waals surface area contributed by atoms with Crippen LogP contribution in [-0.2, 0) is 6.42 Å². The Morgan fingerprint density at radius 2 is 2.23 bits per heavy atom. The molecule has 2 rings (SSSR count). The van der Waals surface area contributed by atoms with E-state index in [0.717, 1.165) is 12.0 Å². The van der Waals surface area contributed by atoms with E-state index in [0.29, 0.717) is 6.04 Å². The summed E-state index contributed by atoms with van der Waals surface area (Å²) in [6, 6.07) is 8.75. The van der Waals surface area contributed by atoms with Crippen molar-refractivity contribution in [2.24, 2.45) is 0 Å². The second-order valence-corrected chi connectivity index (χ2v) is 3.60. The van der Waals surface area contributed by atoms with Gasteiger partial charge in [-0.25, -0.2) is 0 Å². The molecule has 0 saturated carbocycles. The smallest absolute Gasteiger partial charge is 0.133 e. The molecule has 2 heteroatoms. The first kappa shape index (κ1) is 8.32. The minimum Gasteiger partial charge on any atom is -0.464 e. The van der Waals surface area contributed by atoms with Gasteiger partial charge in [-0.2, -0.15) is 0 Å². The molecule has 1 unspecified atom stereocenters. The molecule has 2 nitrogen and oxygen atoms in total. The Labute approximate surface area is 77.3 Å². The fraction of sp³-hybridized carbons (Fsp3) is 0.273. The van der Waals surface area contributed by atoms with Crippen molar-refractivity contribution >= 4 is 11.0 Å². The predicted octanol–water partition coefficient (Wildman–Crippen LogP) is 1.61. The van der Waals surface area contributed by atoms with Crippen LogP contribution in [0.1, 0.15) is 12.5 Å². The highest BCUT2D eigenvalue weighted by molar-refractivity contribution is 5.77. The Morgan fingerprint density at radius 3 is 3.00 bits per heavy atom. The van der Waals surface area contributed by atoms with Crippen molar-refractivity contribution in [1.82, 2.24) is 0 Å². The van der Waals surface area contributed by atoms with Gasteiger partial charge in [0.25, 0.3) is 0 Å². The van der Waals surface area contributed by atoms with Gasteiger partial charge >= 0.3 is 0 Å². The van der Waals surface area contributed by atoms with Crippen LogP contribution in [0.15, 0.2) is 34.9 Å². The summed E-state index contributed by atoms with van der Waals surface area (Å²) in [5.41, 5.74) is 6.27. The minimum atomic E-state index is 0.462. The first-order chi connectivity index (χ1) is 6.25. The molecule has 0 aliphatic rings. The molecule has 1 aromatic heterocycles. The van der Waals surface area contributed by atoms with Crippen LogP contribution in [0.3, 0.4) is 0 Å². The van der Waals surface area contributed by atoms with Crippen molar-refractivity contribution in [2.45, 2.75) is 19.4 Å². The molecule has 3 N–H and O–H groups in total. The summed E-state index contributed by atoms with van der Waals surface area (Å²) in [6.45, 7) is 2.12. The maximum Gasteiger partial charge on any atom is 0.133 e. The van der Waals surface area contributed by atoms with Crippen molar-refractivity contribution < 1.29 is 10.2 Å². The van der Waals surface area contributed by atoms with Gasteiger partial charge in [0.1, 0.15) is 5.58 Å². The first-order valence-corrected chi connectivity index (χ1v) is 4.55. The lowest BCUT2D eigenvalue weighted by atomic mass is 10.1. The third kappa shape index (κ3) is 1.73. The summed E-state index contributed by atoms with van der Waals surface area (Å²) < 4.78 is 5.26. The van der Waals surface area contributed by atoms with Gasteiger partial charge in [0, 0.05) is 11.8 Å². The lowest BCUT2D eigenvalue weighted by molar-refractivity contribution is -0.413. The predicted molar refractivity (Wildman–Crippen MR) is 52.3 cm³/mol. The molecule has 0 aliphatic heterocycles. The van der Waals surface area contributed by atoms with E-state index < -0.39 is 0 Å². The van der Waals surface area contributed by atoms with E-state index in [4.69, 9.17) is 4.42 Å². The SMILES string of the molecule is CC([NH3+])Cc1ccc2occc2c1. The van der Waals surface area contributed by atoms with Crippen LogP contribution < -0.4 is 5.73 Å². The lowest BCUT2D eigenvalue weighted by Gasteiger charge is -2.01. The van der Waals surface area contributed by atoms with Gasteiger partial charge in [0.2, 0.25) is 0 Å². The van der Waals surface area contributed by atoms with E-state index in [2.05, 4.69) is 24.8 Å². The molecule has 68 valence electrons. The largest absolute Gasteiger partial charge is 0.464 e. The van der Waals surface area contributed by atoms with Crippen LogP contribution >= 0.6 is 0 Å². The minimum absolute atomic E-state index is 0.462. The van der Waals surface area contributed by atoms with Crippen LogP contribution in [0.4, 0.5) is 0 Å². The van der Waals surface area contributed by atoms with Gasteiger partial charge in [-0.05, 0) is 30.7 Å². The number of hydrogen-bond acceptors (Lipinski definition) is 1. The second-order valence-electron chi connectivity index (χ2n) is 3.60. The van der Waals surface area contributed by atoms with Gasteiger partial charge in [0.15, 0.2) is 0 Å². The third-order valence-corrected chi connectivity index (χ3v) is 2.10. The maximum atomic E-state index is 5.26. The molecule has 0 spiro atoms. The molecule has 0 aliphatic carbocycles. The van der Waals surface area contributed by atoms with Gasteiger partial charge in [-0.1, -0.05) is 6.07 Å². The average Bonchev–Trinajstić information content (AvgIpc) is 2.49. The Morgan fingerprint density at radius 1 is 1.38 bits per heavy atom. The van der Waals surface area contributed by atoms with Gasteiger partial charge < -0.3 is 10.2 Å². The molecule has 1 atom stereocenters. The average molecular weight is 176 g/mol. The molecule has 0 fully saturated rings. The summed E-state index contributed by atoms with van der Waals surface area (Å²) in [7, 11) is 0. The standard InChI is InChI=1S/C11H13NO/c1-8(12)6-9-2-3-11-10(7-9)4-5-13-11/h2-5,7-8H,6,12H2,1H3/p+1. The van der Waals surface area contributed by atoms with E-state index in [1.54, 1.807) is 6.26 Å². The van der Waals surface area contributed by atoms with Gasteiger partial charge in [-0.15, -0.1) is 0 Å². The number of benzene rings is 1. The van der Waals surface area contributed by atoms with Crippen molar-refractivity contribution in [2.75, 3.05) is 0 Å². The topological polar surface area (TPSA) is 40.8 Å². The zero-order valence-electron chi connectivity index (χ0n) is 7.79. The Balaban J connectivity index is 2.37. The Bertz CT molecular complexity index is 403. The molecule has 2 aromatic rings. The highest BCUT2D eigenvalue weighted by Gasteiger charge is 2.02. The molecule has 0 saturated heterocycles. The highest BCUT2D eigenvalue weighted by Crippen LogP contribution is 2.17. The van der Waals surface area contributed by atoms with Gasteiger partial charge in [-0.3, -0.25) is 0 Å². The van der Waals surface area contributed by atoms with Gasteiger partial charge in [0.05, 0.1) is 12.3 Å². The van der Waals surface area contributed by atoms with E-state index in [-0.39, 0.29) is 0 Å². The number of quaternary nitrogens is 1. The van der Waals surface area contributed by atoms with Crippen molar-refractivity contribution in [1.29, 1.82) is 0 Å². The normalized spacial score (nSPS) is 13.4. The van der Waals surface area contributed by atoms with E-state index in [1.807, 2.05) is 12.1 Å². The van der Waals surface area contributed by atoms with E-state index >= 15 is 0 Å². The summed E-state index contributed by atoms with van der Waals surface area (Å²) in [5, 5.41) is 1.18. The summed E-state index contributed by atoms with van der Waals surface area (Å²) in [4.78, 5) is 0. The summed E-state index contributed by atoms with van der Waals surface area (Å²) in [6.07, 6.45) is 2.75. The van der Waals surface area contributed by atoms with Crippen molar-refractivity contribution in [3.8, 4) is 0 Å². The zero-order valence-corrected chi connectivity index (χ0v) is 7.79. The molecule has 0 amide bonds. The molecule has 13 heavy (non-hydrogen) atoms. The molecule has 0 bridgehead atoms. The first-order valence-electron chi connectivity index (χ1n) is 4.55. The highest BCUT2D eigenvalue weighted by atomic mass is 16.3. The monoisotopic (exact) mass is 176 g/mol. The molecule has 1 heterocycles. The quantitative estimate of drug-likeness (QED) is 0.742. The molecule has 1 aromatic carbocycles. The summed E-state index contributed by atoms with van der Waals surface area (Å²) in [5.74, 6) is 0. The number of hydrogen-bond donors (Lipinski definition) is 1. The van der Waals surface area contributed by atoms with Crippen LogP contribution in [0.2, 0.25) is 0 Å². The Kier molecular flexibility index (Phi) is 2.07. The number of fused-ring (bicyclic) bond motifs is 1. The fourth-order valence-electron chi connectivity index (χ4n) is 1.55. The molecule has 0 radical (unpaired) electrons. The van der Waals surface area contributed by atoms with Crippen LogP contribution in [0.25, 0.3) is 11.0 Å². The van der Waals surface area contributed by atoms with Crippen LogP contribution in [0, 0.1) is 0 Å². The maximum absolute atomic E-state index is 5.26. The molecular weight excluding hydrogens is 162 g/mol.